The number of aromatic amines is 1. The summed E-state index contributed by atoms with van der Waals surface area (Å²) in [7, 11) is 1.53. The van der Waals surface area contributed by atoms with Crippen LogP contribution in [0.2, 0.25) is 0 Å². The fourth-order valence-corrected chi connectivity index (χ4v) is 2.89. The molecule has 0 spiro atoms. The molecule has 2 rings (SSSR count). The van der Waals surface area contributed by atoms with Crippen LogP contribution in [0.15, 0.2) is 27.8 Å². The number of rotatable bonds is 7. The maximum atomic E-state index is 13.0. The second-order valence-corrected chi connectivity index (χ2v) is 6.23. The topological polar surface area (TPSA) is 110 Å². The van der Waals surface area contributed by atoms with Gasteiger partial charge in [-0.3, -0.25) is 19.1 Å². The van der Waals surface area contributed by atoms with E-state index in [0.717, 1.165) is 18.4 Å². The van der Waals surface area contributed by atoms with Gasteiger partial charge in [-0.15, -0.1) is 0 Å². The maximum Gasteiger partial charge on any atom is 0.330 e. The zero-order chi connectivity index (χ0) is 20.1. The minimum Gasteiger partial charge on any atom is -0.496 e. The lowest BCUT2D eigenvalue weighted by Crippen LogP contribution is -2.41. The van der Waals surface area contributed by atoms with Crippen LogP contribution in [-0.2, 0) is 6.54 Å². The number of aryl methyl sites for hydroxylation is 1. The van der Waals surface area contributed by atoms with Crippen LogP contribution in [0.5, 0.6) is 5.75 Å². The number of H-pyrrole nitrogens is 1. The van der Waals surface area contributed by atoms with Crippen LogP contribution in [0.25, 0.3) is 0 Å². The number of aromatic nitrogens is 2. The number of unbranched alkanes of at least 4 members (excludes halogenated alkanes) is 1. The largest absolute Gasteiger partial charge is 0.496 e. The first kappa shape index (κ1) is 20.3. The number of hydrogen-bond acceptors (Lipinski definition) is 5. The number of nitrogen functional groups attached to an aromatic ring is 1. The highest BCUT2D eigenvalue weighted by atomic mass is 16.5. The lowest BCUT2D eigenvalue weighted by molar-refractivity contribution is 0.0987. The van der Waals surface area contributed by atoms with E-state index in [-0.39, 0.29) is 18.1 Å². The third kappa shape index (κ3) is 4.05. The molecule has 0 bridgehead atoms. The fraction of sp³-hybridized carbons (Fsp3) is 0.421. The smallest absolute Gasteiger partial charge is 0.330 e. The summed E-state index contributed by atoms with van der Waals surface area (Å²) in [6.45, 7) is 6.19. The molecule has 0 aliphatic carbocycles. The van der Waals surface area contributed by atoms with Gasteiger partial charge in [0, 0.05) is 18.7 Å². The van der Waals surface area contributed by atoms with Crippen LogP contribution < -0.4 is 26.6 Å². The number of anilines is 2. The quantitative estimate of drug-likeness (QED) is 0.769. The van der Waals surface area contributed by atoms with Crippen molar-refractivity contribution in [1.29, 1.82) is 0 Å². The molecule has 0 unspecified atom stereocenters. The number of nitrogens with one attached hydrogen (secondary N) is 1. The van der Waals surface area contributed by atoms with Gasteiger partial charge in [-0.2, -0.15) is 0 Å². The molecule has 0 saturated heterocycles. The Kier molecular flexibility index (Phi) is 6.44. The normalized spacial score (nSPS) is 10.7. The first-order chi connectivity index (χ1) is 12.8. The second-order valence-electron chi connectivity index (χ2n) is 6.23. The molecule has 1 heterocycles. The highest BCUT2D eigenvalue weighted by Crippen LogP contribution is 2.23. The molecule has 0 atom stereocenters. The van der Waals surface area contributed by atoms with Crippen molar-refractivity contribution in [3.8, 4) is 5.75 Å². The van der Waals surface area contributed by atoms with Gasteiger partial charge in [-0.25, -0.2) is 4.79 Å². The Balaban J connectivity index is 2.55. The Bertz CT molecular complexity index is 946. The van der Waals surface area contributed by atoms with Gasteiger partial charge in [-0.05, 0) is 38.0 Å². The summed E-state index contributed by atoms with van der Waals surface area (Å²) in [4.78, 5) is 41.1. The van der Waals surface area contributed by atoms with E-state index < -0.39 is 17.2 Å². The Morgan fingerprint density at radius 2 is 2.00 bits per heavy atom. The lowest BCUT2D eigenvalue weighted by atomic mass is 10.1. The molecule has 3 N–H and O–H groups in total. The van der Waals surface area contributed by atoms with Crippen LogP contribution in [-0.4, -0.2) is 29.1 Å². The van der Waals surface area contributed by atoms with Crippen molar-refractivity contribution in [2.45, 2.75) is 40.2 Å². The van der Waals surface area contributed by atoms with Gasteiger partial charge < -0.3 is 15.4 Å². The summed E-state index contributed by atoms with van der Waals surface area (Å²) in [5, 5.41) is 0. The third-order valence-electron chi connectivity index (χ3n) is 4.44. The first-order valence-corrected chi connectivity index (χ1v) is 8.94. The number of methoxy groups -OCH3 is 1. The number of nitrogens with two attached hydrogens (primary N) is 1. The van der Waals surface area contributed by atoms with Crippen molar-refractivity contribution in [3.63, 3.8) is 0 Å². The van der Waals surface area contributed by atoms with Crippen LogP contribution in [0, 0.1) is 6.92 Å². The molecule has 0 radical (unpaired) electrons. The van der Waals surface area contributed by atoms with E-state index in [1.165, 1.54) is 16.6 Å². The Labute approximate surface area is 157 Å². The molecule has 1 aromatic carbocycles. The summed E-state index contributed by atoms with van der Waals surface area (Å²) in [5.41, 5.74) is 6.11. The highest BCUT2D eigenvalue weighted by Gasteiger charge is 2.24. The van der Waals surface area contributed by atoms with Gasteiger partial charge in [0.15, 0.2) is 5.69 Å². The fourth-order valence-electron chi connectivity index (χ4n) is 2.89. The van der Waals surface area contributed by atoms with Crippen LogP contribution in [0.4, 0.5) is 11.5 Å². The summed E-state index contributed by atoms with van der Waals surface area (Å²) in [6, 6.07) is 5.06. The van der Waals surface area contributed by atoms with Crippen molar-refractivity contribution in [2.24, 2.45) is 0 Å². The Morgan fingerprint density at radius 1 is 1.30 bits per heavy atom. The molecule has 0 fully saturated rings. The molecule has 8 heteroatoms. The molecule has 1 aromatic heterocycles. The van der Waals surface area contributed by atoms with E-state index in [4.69, 9.17) is 10.5 Å². The van der Waals surface area contributed by atoms with E-state index in [9.17, 15) is 14.4 Å². The van der Waals surface area contributed by atoms with E-state index in [1.54, 1.807) is 25.1 Å². The van der Waals surface area contributed by atoms with Gasteiger partial charge in [0.1, 0.15) is 11.6 Å². The number of ether oxygens (including phenoxy) is 1. The van der Waals surface area contributed by atoms with Gasteiger partial charge in [0.05, 0.1) is 7.11 Å². The van der Waals surface area contributed by atoms with Crippen LogP contribution >= 0.6 is 0 Å². The standard InChI is InChI=1S/C19H26N4O4/c1-5-7-10-23-16(20)15(17(24)21-19(23)26)22(6-2)18(25)13-9-8-12(3)14(11-13)27-4/h8-9,11H,5-7,10,20H2,1-4H3,(H,21,24,26). The van der Waals surface area contributed by atoms with Crippen molar-refractivity contribution >= 4 is 17.4 Å². The molecule has 146 valence electrons. The third-order valence-corrected chi connectivity index (χ3v) is 4.44. The van der Waals surface area contributed by atoms with Crippen molar-refractivity contribution in [2.75, 3.05) is 24.3 Å². The van der Waals surface area contributed by atoms with E-state index in [2.05, 4.69) is 4.98 Å². The number of benzene rings is 1. The Morgan fingerprint density at radius 3 is 2.59 bits per heavy atom. The first-order valence-electron chi connectivity index (χ1n) is 8.94. The monoisotopic (exact) mass is 374 g/mol. The van der Waals surface area contributed by atoms with Gasteiger partial charge >= 0.3 is 5.69 Å². The summed E-state index contributed by atoms with van der Waals surface area (Å²) in [5.74, 6) is 0.173. The molecule has 0 aliphatic rings. The molecule has 8 nitrogen and oxygen atoms in total. The van der Waals surface area contributed by atoms with Gasteiger partial charge in [0.2, 0.25) is 0 Å². The predicted octanol–water partition coefficient (Wildman–Crippen LogP) is 1.90. The molecular formula is C19H26N4O4. The van der Waals surface area contributed by atoms with E-state index in [1.807, 2.05) is 13.8 Å². The molecule has 0 saturated carbocycles. The van der Waals surface area contributed by atoms with Crippen LogP contribution in [0.3, 0.4) is 0 Å². The molecule has 27 heavy (non-hydrogen) atoms. The highest BCUT2D eigenvalue weighted by molar-refractivity contribution is 6.07. The minimum absolute atomic E-state index is 0.00789. The van der Waals surface area contributed by atoms with Gasteiger partial charge in [-0.1, -0.05) is 19.4 Å². The molecule has 2 aromatic rings. The summed E-state index contributed by atoms with van der Waals surface area (Å²) in [6.07, 6.45) is 1.59. The minimum atomic E-state index is -0.681. The Hall–Kier alpha value is -3.03. The maximum absolute atomic E-state index is 13.0. The van der Waals surface area contributed by atoms with Gasteiger partial charge in [0.25, 0.3) is 11.5 Å². The number of amides is 1. The average Bonchev–Trinajstić information content (AvgIpc) is 2.64. The number of nitrogens with zero attached hydrogens (tertiary/aromatic N) is 2. The van der Waals surface area contributed by atoms with Crippen molar-refractivity contribution in [1.82, 2.24) is 9.55 Å². The SMILES string of the molecule is CCCCn1c(N)c(N(CC)C(=O)c2ccc(C)c(OC)c2)c(=O)[nH]c1=O. The summed E-state index contributed by atoms with van der Waals surface area (Å²) < 4.78 is 6.57. The van der Waals surface area contributed by atoms with Crippen molar-refractivity contribution in [3.05, 3.63) is 50.2 Å². The van der Waals surface area contributed by atoms with E-state index >= 15 is 0 Å². The molecular weight excluding hydrogens is 348 g/mol. The number of carbonyl (C=O) groups is 1. The average molecular weight is 374 g/mol. The summed E-state index contributed by atoms with van der Waals surface area (Å²) >= 11 is 0. The second kappa shape index (κ2) is 8.57. The number of carbonyl (C=O) groups excluding carboxylic acids is 1. The van der Waals surface area contributed by atoms with E-state index in [0.29, 0.717) is 17.9 Å². The number of hydrogen-bond donors (Lipinski definition) is 2. The molecule has 1 amide bonds. The zero-order valence-corrected chi connectivity index (χ0v) is 16.2. The zero-order valence-electron chi connectivity index (χ0n) is 16.2. The predicted molar refractivity (Wildman–Crippen MR) is 106 cm³/mol. The van der Waals surface area contributed by atoms with Crippen LogP contribution in [0.1, 0.15) is 42.6 Å². The lowest BCUT2D eigenvalue weighted by Gasteiger charge is -2.23. The molecule has 0 aliphatic heterocycles. The van der Waals surface area contributed by atoms with Crippen molar-refractivity contribution < 1.29 is 9.53 Å².